The Balaban J connectivity index is 4.50. The molecule has 0 N–H and O–H groups in total. The first-order valence-electron chi connectivity index (χ1n) is 5.53. The molecule has 0 saturated carbocycles. The molecule has 0 bridgehead atoms. The van der Waals surface area contributed by atoms with Crippen molar-refractivity contribution in [1.29, 1.82) is 0 Å². The summed E-state index contributed by atoms with van der Waals surface area (Å²) in [6, 6.07) is 0. The molecular weight excluding hydrogens is 187 g/mol. The van der Waals surface area contributed by atoms with Crippen LogP contribution in [-0.4, -0.2) is 6.16 Å². The van der Waals surface area contributed by atoms with Gasteiger partial charge >= 0.3 is 0 Å². The van der Waals surface area contributed by atoms with Crippen molar-refractivity contribution in [3.8, 4) is 0 Å². The van der Waals surface area contributed by atoms with E-state index >= 15 is 0 Å². The van der Waals surface area contributed by atoms with Gasteiger partial charge in [-0.05, 0) is 29.3 Å². The van der Waals surface area contributed by atoms with Crippen LogP contribution in [0, 0.1) is 16.7 Å². The Morgan fingerprint density at radius 3 is 1.86 bits per heavy atom. The van der Waals surface area contributed by atoms with Gasteiger partial charge in [-0.2, -0.15) is 0 Å². The van der Waals surface area contributed by atoms with Crippen LogP contribution in [0.3, 0.4) is 0 Å². The van der Waals surface area contributed by atoms with Crippen LogP contribution < -0.4 is 0 Å². The Morgan fingerprint density at radius 2 is 1.57 bits per heavy atom. The van der Waals surface area contributed by atoms with E-state index in [-0.39, 0.29) is 0 Å². The van der Waals surface area contributed by atoms with Gasteiger partial charge in [-0.3, -0.25) is 0 Å². The SMILES string of the molecule is CC(C)(C)CC(C=CCP)C(C)(C)C. The molecule has 0 amide bonds. The third-order valence-corrected chi connectivity index (χ3v) is 2.72. The number of rotatable bonds is 3. The topological polar surface area (TPSA) is 0 Å². The lowest BCUT2D eigenvalue weighted by Gasteiger charge is -2.33. The molecule has 0 heterocycles. The standard InChI is InChI=1S/C13H27P/c1-12(2,3)10-11(8-7-9-14)13(4,5)6/h7-8,11H,9-10,14H2,1-6H3. The van der Waals surface area contributed by atoms with Gasteiger partial charge in [0, 0.05) is 0 Å². The zero-order valence-electron chi connectivity index (χ0n) is 10.7. The molecule has 0 aromatic heterocycles. The molecule has 0 aliphatic carbocycles. The second-order valence-electron chi connectivity index (χ2n) is 6.40. The van der Waals surface area contributed by atoms with Gasteiger partial charge in [0.25, 0.3) is 0 Å². The highest BCUT2D eigenvalue weighted by Crippen LogP contribution is 2.36. The Bertz CT molecular complexity index is 178. The molecule has 1 heteroatoms. The maximum Gasteiger partial charge on any atom is -0.0180 e. The van der Waals surface area contributed by atoms with Crippen molar-refractivity contribution < 1.29 is 0 Å². The van der Waals surface area contributed by atoms with E-state index in [1.807, 2.05) is 0 Å². The molecule has 0 fully saturated rings. The van der Waals surface area contributed by atoms with E-state index in [0.29, 0.717) is 16.7 Å². The van der Waals surface area contributed by atoms with Gasteiger partial charge in [-0.1, -0.05) is 53.7 Å². The minimum atomic E-state index is 0.379. The van der Waals surface area contributed by atoms with Crippen molar-refractivity contribution in [3.05, 3.63) is 12.2 Å². The zero-order valence-corrected chi connectivity index (χ0v) is 11.9. The molecule has 0 aliphatic rings. The zero-order chi connectivity index (χ0) is 11.4. The van der Waals surface area contributed by atoms with Gasteiger partial charge in [0.05, 0.1) is 0 Å². The van der Waals surface area contributed by atoms with Gasteiger partial charge in [-0.15, -0.1) is 9.24 Å². The highest BCUT2D eigenvalue weighted by atomic mass is 31.0. The first-order chi connectivity index (χ1) is 6.17. The predicted molar refractivity (Wildman–Crippen MR) is 70.7 cm³/mol. The number of hydrogen-bond acceptors (Lipinski definition) is 0. The monoisotopic (exact) mass is 214 g/mol. The Labute approximate surface area is 92.8 Å². The molecule has 0 nitrogen and oxygen atoms in total. The molecule has 0 aromatic rings. The van der Waals surface area contributed by atoms with Crippen LogP contribution in [0.5, 0.6) is 0 Å². The minimum absolute atomic E-state index is 0.379. The summed E-state index contributed by atoms with van der Waals surface area (Å²) in [7, 11) is 2.75. The fraction of sp³-hybridized carbons (Fsp3) is 0.846. The molecule has 0 rings (SSSR count). The van der Waals surface area contributed by atoms with E-state index < -0.39 is 0 Å². The van der Waals surface area contributed by atoms with Crippen LogP contribution in [0.25, 0.3) is 0 Å². The summed E-state index contributed by atoms with van der Waals surface area (Å²) in [5.41, 5.74) is 0.798. The summed E-state index contributed by atoms with van der Waals surface area (Å²) in [6.45, 7) is 13.9. The lowest BCUT2D eigenvalue weighted by Crippen LogP contribution is -2.23. The van der Waals surface area contributed by atoms with Crippen molar-refractivity contribution >= 4 is 9.24 Å². The fourth-order valence-electron chi connectivity index (χ4n) is 1.57. The normalized spacial score (nSPS) is 16.2. The van der Waals surface area contributed by atoms with Crippen molar-refractivity contribution in [2.45, 2.75) is 48.0 Å². The van der Waals surface area contributed by atoms with Crippen molar-refractivity contribution in [1.82, 2.24) is 0 Å². The second-order valence-corrected chi connectivity index (χ2v) is 6.87. The average molecular weight is 214 g/mol. The first-order valence-corrected chi connectivity index (χ1v) is 6.35. The second kappa shape index (κ2) is 5.31. The Kier molecular flexibility index (Phi) is 5.37. The van der Waals surface area contributed by atoms with Gasteiger partial charge in [0.2, 0.25) is 0 Å². The third-order valence-electron chi connectivity index (χ3n) is 2.45. The summed E-state index contributed by atoms with van der Waals surface area (Å²) in [5.74, 6) is 0.683. The molecule has 84 valence electrons. The third kappa shape index (κ3) is 6.60. The van der Waals surface area contributed by atoms with Crippen LogP contribution in [0.4, 0.5) is 0 Å². The Hall–Kier alpha value is 0.170. The minimum Gasteiger partial charge on any atom is -0.134 e. The molecular formula is C13H27P. The van der Waals surface area contributed by atoms with Gasteiger partial charge in [0.1, 0.15) is 0 Å². The van der Waals surface area contributed by atoms with Crippen LogP contribution in [0.1, 0.15) is 48.0 Å². The molecule has 2 unspecified atom stereocenters. The summed E-state index contributed by atoms with van der Waals surface area (Å²) in [6.07, 6.45) is 6.99. The molecule has 0 aromatic carbocycles. The van der Waals surface area contributed by atoms with Crippen molar-refractivity contribution in [2.75, 3.05) is 6.16 Å². The number of allylic oxidation sites excluding steroid dienone is 2. The van der Waals surface area contributed by atoms with E-state index in [0.717, 1.165) is 6.16 Å². The average Bonchev–Trinajstić information content (AvgIpc) is 1.93. The number of hydrogen-bond donors (Lipinski definition) is 0. The maximum absolute atomic E-state index is 2.75. The first kappa shape index (κ1) is 14.2. The van der Waals surface area contributed by atoms with Crippen LogP contribution in [-0.2, 0) is 0 Å². The van der Waals surface area contributed by atoms with E-state index in [1.165, 1.54) is 6.42 Å². The maximum atomic E-state index is 2.75. The lowest BCUT2D eigenvalue weighted by atomic mass is 9.72. The predicted octanol–water partition coefficient (Wildman–Crippen LogP) is 4.52. The summed E-state index contributed by atoms with van der Waals surface area (Å²) in [4.78, 5) is 0. The highest BCUT2D eigenvalue weighted by Gasteiger charge is 2.26. The summed E-state index contributed by atoms with van der Waals surface area (Å²) < 4.78 is 0. The van der Waals surface area contributed by atoms with Crippen molar-refractivity contribution in [3.63, 3.8) is 0 Å². The molecule has 0 saturated heterocycles. The van der Waals surface area contributed by atoms with Crippen LogP contribution in [0.15, 0.2) is 12.2 Å². The van der Waals surface area contributed by atoms with E-state index in [9.17, 15) is 0 Å². The van der Waals surface area contributed by atoms with E-state index in [1.54, 1.807) is 0 Å². The fourth-order valence-corrected chi connectivity index (χ4v) is 1.72. The smallest absolute Gasteiger partial charge is 0.0180 e. The highest BCUT2D eigenvalue weighted by molar-refractivity contribution is 7.16. The molecule has 0 spiro atoms. The molecule has 14 heavy (non-hydrogen) atoms. The summed E-state index contributed by atoms with van der Waals surface area (Å²) >= 11 is 0. The van der Waals surface area contributed by atoms with Gasteiger partial charge in [-0.25, -0.2) is 0 Å². The van der Waals surface area contributed by atoms with Gasteiger partial charge in [0.15, 0.2) is 0 Å². The lowest BCUT2D eigenvalue weighted by molar-refractivity contribution is 0.207. The van der Waals surface area contributed by atoms with E-state index in [4.69, 9.17) is 0 Å². The van der Waals surface area contributed by atoms with Gasteiger partial charge < -0.3 is 0 Å². The van der Waals surface area contributed by atoms with E-state index in [2.05, 4.69) is 62.9 Å². The molecule has 0 radical (unpaired) electrons. The van der Waals surface area contributed by atoms with Crippen LogP contribution >= 0.6 is 9.24 Å². The summed E-state index contributed by atoms with van der Waals surface area (Å²) in [5, 5.41) is 0. The molecule has 2 atom stereocenters. The largest absolute Gasteiger partial charge is 0.134 e. The molecule has 0 aliphatic heterocycles. The Morgan fingerprint density at radius 1 is 1.07 bits per heavy atom. The van der Waals surface area contributed by atoms with Crippen LogP contribution in [0.2, 0.25) is 0 Å². The van der Waals surface area contributed by atoms with Crippen molar-refractivity contribution in [2.24, 2.45) is 16.7 Å². The quantitative estimate of drug-likeness (QED) is 0.479.